The van der Waals surface area contributed by atoms with Gasteiger partial charge in [-0.3, -0.25) is 9.59 Å². The van der Waals surface area contributed by atoms with E-state index in [1.807, 2.05) is 83.6 Å². The van der Waals surface area contributed by atoms with Crippen molar-refractivity contribution in [2.75, 3.05) is 13.6 Å². The molecule has 1 heterocycles. The Bertz CT molecular complexity index is 1580. The minimum Gasteiger partial charge on any atom is -0.489 e. The fourth-order valence-corrected chi connectivity index (χ4v) is 4.92. The molecule has 1 atom stereocenters. The van der Waals surface area contributed by atoms with E-state index in [0.29, 0.717) is 30.0 Å². The van der Waals surface area contributed by atoms with Gasteiger partial charge in [0.15, 0.2) is 0 Å². The normalized spacial score (nSPS) is 11.7. The molecule has 0 saturated heterocycles. The van der Waals surface area contributed by atoms with E-state index in [-0.39, 0.29) is 12.5 Å². The van der Waals surface area contributed by atoms with Gasteiger partial charge in [-0.1, -0.05) is 91.0 Å². The van der Waals surface area contributed by atoms with Crippen LogP contribution in [0.4, 0.5) is 0 Å². The van der Waals surface area contributed by atoms with Crippen molar-refractivity contribution in [1.29, 1.82) is 0 Å². The van der Waals surface area contributed by atoms with Crippen LogP contribution in [0.2, 0.25) is 0 Å². The van der Waals surface area contributed by atoms with Gasteiger partial charge in [-0.25, -0.2) is 0 Å². The highest BCUT2D eigenvalue weighted by molar-refractivity contribution is 5.92. The van der Waals surface area contributed by atoms with Crippen LogP contribution in [-0.4, -0.2) is 40.0 Å². The van der Waals surface area contributed by atoms with Crippen LogP contribution in [0, 0.1) is 0 Å². The minimum atomic E-state index is -0.952. The number of hydrogen-bond acceptors (Lipinski definition) is 3. The van der Waals surface area contributed by atoms with Gasteiger partial charge in [0.1, 0.15) is 24.8 Å². The molecule has 6 heteroatoms. The molecule has 5 aromatic rings. The first-order valence-corrected chi connectivity index (χ1v) is 13.3. The van der Waals surface area contributed by atoms with Crippen LogP contribution in [-0.2, 0) is 29.2 Å². The fraction of sp³-hybridized carbons (Fsp3) is 0.176. The average Bonchev–Trinajstić information content (AvgIpc) is 3.34. The maximum Gasteiger partial charge on any atom is 0.315 e. The van der Waals surface area contributed by atoms with Crippen molar-refractivity contribution < 1.29 is 19.4 Å². The summed E-state index contributed by atoms with van der Waals surface area (Å²) < 4.78 is 7.75. The molecule has 1 unspecified atom stereocenters. The number of aliphatic carboxylic acids is 1. The summed E-state index contributed by atoms with van der Waals surface area (Å²) in [6.07, 6.45) is 2.58. The number of carbonyl (C=O) groups is 2. The van der Waals surface area contributed by atoms with E-state index in [0.717, 1.165) is 22.9 Å². The maximum absolute atomic E-state index is 13.1. The van der Waals surface area contributed by atoms with Crippen molar-refractivity contribution in [2.24, 2.45) is 0 Å². The number of carboxylic acids is 1. The molecule has 6 nitrogen and oxygen atoms in total. The van der Waals surface area contributed by atoms with Gasteiger partial charge in [-0.05, 0) is 46.9 Å². The van der Waals surface area contributed by atoms with Crippen molar-refractivity contribution in [3.05, 3.63) is 138 Å². The van der Waals surface area contributed by atoms with E-state index >= 15 is 0 Å². The SMILES string of the molecule is CN(CCc1ccccc1)C(=O)Cn1cc(C(C(=O)O)c2ccc(OCc3ccccc3)cc2)c2ccccc21. The van der Waals surface area contributed by atoms with E-state index in [1.54, 1.807) is 36.2 Å². The highest BCUT2D eigenvalue weighted by Gasteiger charge is 2.27. The Balaban J connectivity index is 1.34. The number of nitrogens with zero attached hydrogens (tertiary/aromatic N) is 2. The van der Waals surface area contributed by atoms with Crippen molar-refractivity contribution in [3.8, 4) is 5.75 Å². The Morgan fingerprint density at radius 2 is 1.45 bits per heavy atom. The van der Waals surface area contributed by atoms with Crippen LogP contribution in [0.25, 0.3) is 10.9 Å². The fourth-order valence-electron chi connectivity index (χ4n) is 4.92. The first-order valence-electron chi connectivity index (χ1n) is 13.3. The number of para-hydroxylation sites is 1. The summed E-state index contributed by atoms with van der Waals surface area (Å²) in [6.45, 7) is 1.17. The Morgan fingerprint density at radius 1 is 0.825 bits per heavy atom. The maximum atomic E-state index is 13.1. The van der Waals surface area contributed by atoms with Crippen molar-refractivity contribution in [3.63, 3.8) is 0 Å². The third kappa shape index (κ3) is 6.24. The molecule has 0 saturated carbocycles. The number of benzene rings is 4. The molecule has 0 fully saturated rings. The van der Waals surface area contributed by atoms with Gasteiger partial charge in [0.25, 0.3) is 0 Å². The molecule has 0 aliphatic rings. The summed E-state index contributed by atoms with van der Waals surface area (Å²) in [7, 11) is 1.80. The lowest BCUT2D eigenvalue weighted by molar-refractivity contribution is -0.137. The second kappa shape index (κ2) is 12.3. The van der Waals surface area contributed by atoms with Crippen molar-refractivity contribution in [1.82, 2.24) is 9.47 Å². The summed E-state index contributed by atoms with van der Waals surface area (Å²) in [5.74, 6) is -1.20. The number of fused-ring (bicyclic) bond motifs is 1. The Labute approximate surface area is 234 Å². The summed E-state index contributed by atoms with van der Waals surface area (Å²) in [6, 6.07) is 34.8. The summed E-state index contributed by atoms with van der Waals surface area (Å²) in [4.78, 5) is 27.4. The first-order chi connectivity index (χ1) is 19.5. The number of aromatic nitrogens is 1. The molecular formula is C34H32N2O4. The Hall–Kier alpha value is -4.84. The van der Waals surface area contributed by atoms with E-state index in [2.05, 4.69) is 12.1 Å². The predicted molar refractivity (Wildman–Crippen MR) is 156 cm³/mol. The molecule has 40 heavy (non-hydrogen) atoms. The van der Waals surface area contributed by atoms with Gasteiger partial charge in [0, 0.05) is 30.7 Å². The van der Waals surface area contributed by atoms with E-state index in [1.165, 1.54) is 5.56 Å². The third-order valence-corrected chi connectivity index (χ3v) is 7.15. The Morgan fingerprint density at radius 3 is 2.12 bits per heavy atom. The Kier molecular flexibility index (Phi) is 8.26. The molecule has 0 aliphatic carbocycles. The quantitative estimate of drug-likeness (QED) is 0.222. The van der Waals surface area contributed by atoms with E-state index in [9.17, 15) is 14.7 Å². The lowest BCUT2D eigenvalue weighted by Crippen LogP contribution is -2.31. The monoisotopic (exact) mass is 532 g/mol. The number of carbonyl (C=O) groups excluding carboxylic acids is 1. The number of carboxylic acid groups (broad SMARTS) is 1. The van der Waals surface area contributed by atoms with Crippen LogP contribution >= 0.6 is 0 Å². The van der Waals surface area contributed by atoms with Gasteiger partial charge in [-0.2, -0.15) is 0 Å². The average molecular weight is 533 g/mol. The summed E-state index contributed by atoms with van der Waals surface area (Å²) >= 11 is 0. The highest BCUT2D eigenvalue weighted by Crippen LogP contribution is 2.33. The van der Waals surface area contributed by atoms with Crippen LogP contribution in [0.3, 0.4) is 0 Å². The molecule has 4 aromatic carbocycles. The molecule has 1 N–H and O–H groups in total. The second-order valence-electron chi connectivity index (χ2n) is 9.89. The van der Waals surface area contributed by atoms with Crippen LogP contribution < -0.4 is 4.74 Å². The largest absolute Gasteiger partial charge is 0.489 e. The minimum absolute atomic E-state index is 0.0324. The number of amides is 1. The van der Waals surface area contributed by atoms with E-state index < -0.39 is 11.9 Å². The number of likely N-dealkylation sites (N-methyl/N-ethyl adjacent to an activating group) is 1. The molecular weight excluding hydrogens is 500 g/mol. The predicted octanol–water partition coefficient (Wildman–Crippen LogP) is 6.14. The standard InChI is InChI=1S/C34H32N2O4/c1-35(21-20-25-10-4-2-5-11-25)32(37)23-36-22-30(29-14-8-9-15-31(29)36)33(34(38)39)27-16-18-28(19-17-27)40-24-26-12-6-3-7-13-26/h2-19,22,33H,20-21,23-24H2,1H3,(H,38,39). The first kappa shape index (κ1) is 26.8. The van der Waals surface area contributed by atoms with E-state index in [4.69, 9.17) is 4.74 Å². The summed E-state index contributed by atoms with van der Waals surface area (Å²) in [5.41, 5.74) is 4.37. The van der Waals surface area contributed by atoms with Gasteiger partial charge in [0.2, 0.25) is 5.91 Å². The number of ether oxygens (including phenoxy) is 1. The lowest BCUT2D eigenvalue weighted by atomic mass is 9.91. The molecule has 0 bridgehead atoms. The van der Waals surface area contributed by atoms with Gasteiger partial charge in [-0.15, -0.1) is 0 Å². The zero-order chi connectivity index (χ0) is 27.9. The smallest absolute Gasteiger partial charge is 0.315 e. The molecule has 0 spiro atoms. The zero-order valence-electron chi connectivity index (χ0n) is 22.4. The lowest BCUT2D eigenvalue weighted by Gasteiger charge is -2.18. The van der Waals surface area contributed by atoms with Crippen LogP contribution in [0.15, 0.2) is 115 Å². The molecule has 202 valence electrons. The van der Waals surface area contributed by atoms with Crippen molar-refractivity contribution >= 4 is 22.8 Å². The van der Waals surface area contributed by atoms with Crippen LogP contribution in [0.1, 0.15) is 28.2 Å². The number of rotatable bonds is 11. The molecule has 0 radical (unpaired) electrons. The van der Waals surface area contributed by atoms with Crippen LogP contribution in [0.5, 0.6) is 5.75 Å². The molecule has 1 amide bonds. The molecule has 1 aromatic heterocycles. The highest BCUT2D eigenvalue weighted by atomic mass is 16.5. The van der Waals surface area contributed by atoms with Gasteiger partial charge < -0.3 is 19.3 Å². The topological polar surface area (TPSA) is 71.8 Å². The van der Waals surface area contributed by atoms with Gasteiger partial charge in [0.05, 0.1) is 0 Å². The molecule has 5 rings (SSSR count). The second-order valence-corrected chi connectivity index (χ2v) is 9.89. The third-order valence-electron chi connectivity index (χ3n) is 7.15. The van der Waals surface area contributed by atoms with Crippen molar-refractivity contribution in [2.45, 2.75) is 25.5 Å². The van der Waals surface area contributed by atoms with Gasteiger partial charge >= 0.3 is 5.97 Å². The number of hydrogen-bond donors (Lipinski definition) is 1. The zero-order valence-corrected chi connectivity index (χ0v) is 22.4. The molecule has 0 aliphatic heterocycles. The summed E-state index contributed by atoms with van der Waals surface area (Å²) in [5, 5.41) is 11.1.